The van der Waals surface area contributed by atoms with Crippen LogP contribution in [0.25, 0.3) is 0 Å². The summed E-state index contributed by atoms with van der Waals surface area (Å²) >= 11 is 5.25. The zero-order valence-electron chi connectivity index (χ0n) is 10.7. The molecular formula is C12H19N5S. The normalized spacial score (nSPS) is 20.8. The minimum absolute atomic E-state index is 0.603. The van der Waals surface area contributed by atoms with E-state index in [1.165, 1.54) is 11.3 Å². The summed E-state index contributed by atoms with van der Waals surface area (Å²) < 4.78 is 0.603. The van der Waals surface area contributed by atoms with Crippen molar-refractivity contribution in [2.24, 2.45) is 0 Å². The molecule has 0 saturated carbocycles. The first-order chi connectivity index (χ1) is 8.74. The van der Waals surface area contributed by atoms with Crippen molar-refractivity contribution in [1.82, 2.24) is 20.2 Å². The third-order valence-corrected chi connectivity index (χ3v) is 3.95. The number of H-pyrrole nitrogens is 1. The number of aromatic nitrogens is 2. The van der Waals surface area contributed by atoms with Crippen LogP contribution < -0.4 is 10.2 Å². The molecule has 2 aliphatic rings. The number of nitrogens with zero attached hydrogens (tertiary/aromatic N) is 3. The Kier molecular flexibility index (Phi) is 3.32. The van der Waals surface area contributed by atoms with Gasteiger partial charge < -0.3 is 20.1 Å². The fraction of sp³-hybridized carbons (Fsp3) is 0.667. The van der Waals surface area contributed by atoms with Gasteiger partial charge in [-0.05, 0) is 32.2 Å². The van der Waals surface area contributed by atoms with Crippen molar-refractivity contribution >= 4 is 18.0 Å². The molecule has 0 amide bonds. The molecule has 3 heterocycles. The van der Waals surface area contributed by atoms with Crippen molar-refractivity contribution in [3.05, 3.63) is 16.0 Å². The number of likely N-dealkylation sites (N-methyl/N-ethyl adjacent to an activating group) is 1. The van der Waals surface area contributed by atoms with Crippen LogP contribution in [0.1, 0.15) is 11.3 Å². The van der Waals surface area contributed by atoms with Crippen LogP contribution in [0.4, 0.5) is 5.82 Å². The van der Waals surface area contributed by atoms with Crippen LogP contribution in [0.15, 0.2) is 0 Å². The van der Waals surface area contributed by atoms with Crippen LogP contribution in [0, 0.1) is 4.77 Å². The largest absolute Gasteiger partial charge is 0.354 e. The Balaban J connectivity index is 1.95. The van der Waals surface area contributed by atoms with E-state index >= 15 is 0 Å². The Bertz CT molecular complexity index is 490. The Morgan fingerprint density at radius 2 is 2.00 bits per heavy atom. The first kappa shape index (κ1) is 12.1. The average molecular weight is 265 g/mol. The molecular weight excluding hydrogens is 246 g/mol. The number of fused-ring (bicyclic) bond motifs is 1. The van der Waals surface area contributed by atoms with Gasteiger partial charge in [0.2, 0.25) is 0 Å². The minimum Gasteiger partial charge on any atom is -0.354 e. The highest BCUT2D eigenvalue weighted by Gasteiger charge is 2.22. The van der Waals surface area contributed by atoms with E-state index in [2.05, 4.69) is 32.1 Å². The molecule has 0 radical (unpaired) electrons. The lowest BCUT2D eigenvalue weighted by Crippen LogP contribution is -2.45. The molecule has 3 rings (SSSR count). The van der Waals surface area contributed by atoms with Crippen LogP contribution >= 0.6 is 12.2 Å². The first-order valence-corrected chi connectivity index (χ1v) is 6.91. The molecule has 0 spiro atoms. The number of aromatic amines is 1. The summed E-state index contributed by atoms with van der Waals surface area (Å²) in [5.41, 5.74) is 2.57. The van der Waals surface area contributed by atoms with Crippen molar-refractivity contribution in [3.8, 4) is 0 Å². The van der Waals surface area contributed by atoms with Crippen LogP contribution in [0.3, 0.4) is 0 Å². The fourth-order valence-corrected chi connectivity index (χ4v) is 2.86. The van der Waals surface area contributed by atoms with Crippen molar-refractivity contribution in [3.63, 3.8) is 0 Å². The van der Waals surface area contributed by atoms with Gasteiger partial charge in [-0.3, -0.25) is 0 Å². The van der Waals surface area contributed by atoms with Gasteiger partial charge >= 0.3 is 0 Å². The van der Waals surface area contributed by atoms with E-state index in [1.807, 2.05) is 0 Å². The van der Waals surface area contributed by atoms with E-state index < -0.39 is 0 Å². The van der Waals surface area contributed by atoms with Crippen LogP contribution in [-0.4, -0.2) is 54.6 Å². The SMILES string of the molecule is CN1CCN(c2nc(=S)[nH]c3c2CCNC3)CC1. The summed E-state index contributed by atoms with van der Waals surface area (Å²) in [5, 5.41) is 3.37. The lowest BCUT2D eigenvalue weighted by atomic mass is 10.1. The molecule has 0 aromatic carbocycles. The minimum atomic E-state index is 0.603. The summed E-state index contributed by atoms with van der Waals surface area (Å²) in [4.78, 5) is 12.5. The Hall–Kier alpha value is -0.980. The highest BCUT2D eigenvalue weighted by atomic mass is 32.1. The lowest BCUT2D eigenvalue weighted by Gasteiger charge is -2.35. The van der Waals surface area contributed by atoms with Gasteiger partial charge in [-0.25, -0.2) is 4.98 Å². The second-order valence-corrected chi connectivity index (χ2v) is 5.43. The molecule has 0 aliphatic carbocycles. The van der Waals surface area contributed by atoms with Crippen LogP contribution in [0.2, 0.25) is 0 Å². The molecule has 0 bridgehead atoms. The van der Waals surface area contributed by atoms with Crippen LogP contribution in [0.5, 0.6) is 0 Å². The smallest absolute Gasteiger partial charge is 0.199 e. The summed E-state index contributed by atoms with van der Waals surface area (Å²) in [6, 6.07) is 0. The third-order valence-electron chi connectivity index (χ3n) is 3.76. The van der Waals surface area contributed by atoms with E-state index in [0.717, 1.165) is 51.5 Å². The third kappa shape index (κ3) is 2.28. The van der Waals surface area contributed by atoms with E-state index in [9.17, 15) is 0 Å². The number of anilines is 1. The maximum Gasteiger partial charge on any atom is 0.199 e. The average Bonchev–Trinajstić information content (AvgIpc) is 2.38. The summed E-state index contributed by atoms with van der Waals surface area (Å²) in [6.07, 6.45) is 1.04. The maximum atomic E-state index is 5.25. The Morgan fingerprint density at radius 3 is 2.78 bits per heavy atom. The van der Waals surface area contributed by atoms with Crippen molar-refractivity contribution < 1.29 is 0 Å². The van der Waals surface area contributed by atoms with E-state index in [1.54, 1.807) is 0 Å². The summed E-state index contributed by atoms with van der Waals surface area (Å²) in [5.74, 6) is 1.11. The highest BCUT2D eigenvalue weighted by Crippen LogP contribution is 2.23. The van der Waals surface area contributed by atoms with Crippen LogP contribution in [-0.2, 0) is 13.0 Å². The summed E-state index contributed by atoms with van der Waals surface area (Å²) in [6.45, 7) is 6.19. The summed E-state index contributed by atoms with van der Waals surface area (Å²) in [7, 11) is 2.17. The second kappa shape index (κ2) is 4.95. The monoisotopic (exact) mass is 265 g/mol. The Morgan fingerprint density at radius 1 is 1.22 bits per heavy atom. The van der Waals surface area contributed by atoms with Gasteiger partial charge in [0.1, 0.15) is 5.82 Å². The molecule has 1 aromatic heterocycles. The number of hydrogen-bond acceptors (Lipinski definition) is 5. The molecule has 1 aromatic rings. The maximum absolute atomic E-state index is 5.25. The molecule has 1 saturated heterocycles. The van der Waals surface area contributed by atoms with E-state index in [4.69, 9.17) is 12.2 Å². The Labute approximate surface area is 112 Å². The number of piperazine rings is 1. The fourth-order valence-electron chi connectivity index (χ4n) is 2.65. The van der Waals surface area contributed by atoms with Gasteiger partial charge in [0.15, 0.2) is 4.77 Å². The number of rotatable bonds is 1. The zero-order chi connectivity index (χ0) is 12.5. The highest BCUT2D eigenvalue weighted by molar-refractivity contribution is 7.71. The molecule has 5 nitrogen and oxygen atoms in total. The molecule has 0 atom stereocenters. The van der Waals surface area contributed by atoms with Gasteiger partial charge in [-0.2, -0.15) is 0 Å². The number of hydrogen-bond donors (Lipinski definition) is 2. The second-order valence-electron chi connectivity index (χ2n) is 5.04. The van der Waals surface area contributed by atoms with Gasteiger partial charge in [0, 0.05) is 44.0 Å². The molecule has 18 heavy (non-hydrogen) atoms. The van der Waals surface area contributed by atoms with Gasteiger partial charge in [-0.1, -0.05) is 0 Å². The predicted molar refractivity (Wildman–Crippen MR) is 74.5 cm³/mol. The quantitative estimate of drug-likeness (QED) is 0.726. The van der Waals surface area contributed by atoms with E-state index in [-0.39, 0.29) is 0 Å². The molecule has 0 unspecified atom stereocenters. The molecule has 1 fully saturated rings. The predicted octanol–water partition coefficient (Wildman–Crippen LogP) is 0.537. The lowest BCUT2D eigenvalue weighted by molar-refractivity contribution is 0.311. The van der Waals surface area contributed by atoms with Crippen molar-refractivity contribution in [2.75, 3.05) is 44.7 Å². The number of nitrogens with one attached hydrogen (secondary N) is 2. The zero-order valence-corrected chi connectivity index (χ0v) is 11.5. The molecule has 6 heteroatoms. The first-order valence-electron chi connectivity index (χ1n) is 6.50. The molecule has 2 N–H and O–H groups in total. The molecule has 98 valence electrons. The van der Waals surface area contributed by atoms with Gasteiger partial charge in [0.05, 0.1) is 0 Å². The topological polar surface area (TPSA) is 47.2 Å². The van der Waals surface area contributed by atoms with Gasteiger partial charge in [0.25, 0.3) is 0 Å². The van der Waals surface area contributed by atoms with Crippen molar-refractivity contribution in [1.29, 1.82) is 0 Å². The molecule has 2 aliphatic heterocycles. The van der Waals surface area contributed by atoms with E-state index in [0.29, 0.717) is 4.77 Å². The van der Waals surface area contributed by atoms with Gasteiger partial charge in [-0.15, -0.1) is 0 Å². The van der Waals surface area contributed by atoms with Crippen molar-refractivity contribution in [2.45, 2.75) is 13.0 Å². The standard InChI is InChI=1S/C12H19N5S/c1-16-4-6-17(7-5-16)11-9-2-3-13-8-10(9)14-12(18)15-11/h13H,2-8H2,1H3,(H,14,15,18).